The fourth-order valence-corrected chi connectivity index (χ4v) is 5.21. The molecule has 5 nitrogen and oxygen atoms in total. The molecule has 1 aliphatic heterocycles. The lowest BCUT2D eigenvalue weighted by Crippen LogP contribution is -2.35. The van der Waals surface area contributed by atoms with Crippen molar-refractivity contribution in [2.24, 2.45) is 4.99 Å². The average molecular weight is 586 g/mol. The quantitative estimate of drug-likeness (QED) is 0.296. The van der Waals surface area contributed by atoms with Crippen LogP contribution in [0.1, 0.15) is 45.7 Å². The molecular weight excluding hydrogens is 559 g/mol. The van der Waals surface area contributed by atoms with E-state index in [1.807, 2.05) is 58.9 Å². The van der Waals surface area contributed by atoms with Crippen LogP contribution in [0.2, 0.25) is 10.0 Å². The van der Waals surface area contributed by atoms with Crippen molar-refractivity contribution < 1.29 is 14.3 Å². The van der Waals surface area contributed by atoms with Gasteiger partial charge >= 0.3 is 0 Å². The molecule has 3 rings (SSSR count). The molecule has 34 heavy (non-hydrogen) atoms. The average Bonchev–Trinajstić information content (AvgIpc) is 3.05. The van der Waals surface area contributed by atoms with Crippen LogP contribution in [0.15, 0.2) is 44.7 Å². The number of amidine groups is 1. The van der Waals surface area contributed by atoms with Crippen LogP contribution >= 0.6 is 50.9 Å². The molecule has 0 N–H and O–H groups in total. The summed E-state index contributed by atoms with van der Waals surface area (Å²) in [5.74, 6) is 1.12. The second-order valence-electron chi connectivity index (χ2n) is 8.18. The summed E-state index contributed by atoms with van der Waals surface area (Å²) in [7, 11) is 0. The maximum atomic E-state index is 13.1. The third kappa shape index (κ3) is 6.51. The van der Waals surface area contributed by atoms with Gasteiger partial charge in [-0.2, -0.15) is 0 Å². The number of nitrogens with zero attached hydrogens (tertiary/aromatic N) is 2. The molecule has 0 radical (unpaired) electrons. The number of carbonyl (C=O) groups excluding carboxylic acids is 1. The van der Waals surface area contributed by atoms with Gasteiger partial charge in [0.2, 0.25) is 0 Å². The molecule has 0 aliphatic carbocycles. The molecule has 9 heteroatoms. The van der Waals surface area contributed by atoms with Crippen LogP contribution < -0.4 is 9.47 Å². The molecule has 0 saturated carbocycles. The summed E-state index contributed by atoms with van der Waals surface area (Å²) >= 11 is 17.1. The molecule has 0 unspecified atom stereocenters. The van der Waals surface area contributed by atoms with E-state index in [9.17, 15) is 4.79 Å². The molecule has 1 amide bonds. The summed E-state index contributed by atoms with van der Waals surface area (Å²) in [4.78, 5) is 20.1. The van der Waals surface area contributed by atoms with Crippen molar-refractivity contribution in [2.75, 3.05) is 6.61 Å². The van der Waals surface area contributed by atoms with Crippen LogP contribution in [-0.4, -0.2) is 34.7 Å². The van der Waals surface area contributed by atoms with E-state index in [4.69, 9.17) is 32.7 Å². The second-order valence-corrected chi connectivity index (χ2v) is 10.9. The summed E-state index contributed by atoms with van der Waals surface area (Å²) in [5.41, 5.74) is 1.70. The van der Waals surface area contributed by atoms with Gasteiger partial charge in [-0.3, -0.25) is 14.7 Å². The van der Waals surface area contributed by atoms with Crippen molar-refractivity contribution >= 4 is 68.0 Å². The van der Waals surface area contributed by atoms with E-state index in [-0.39, 0.29) is 18.0 Å². The maximum Gasteiger partial charge on any atom is 0.266 e. The molecule has 1 heterocycles. The second kappa shape index (κ2) is 11.8. The molecule has 182 valence electrons. The standard InChI is InChI=1S/C25H27BrCl2N2O3S/c1-6-32-21-10-17(11-23-24(31)30(15(4)5)25(34-23)29-14(2)3)18(26)12-22(21)33-13-16-7-8-19(27)20(28)9-16/h7-12,14-15H,6,13H2,1-5H3/b23-11+,29-25?. The predicted molar refractivity (Wildman–Crippen MR) is 146 cm³/mol. The largest absolute Gasteiger partial charge is 0.490 e. The minimum absolute atomic E-state index is 0.0166. The van der Waals surface area contributed by atoms with Gasteiger partial charge < -0.3 is 9.47 Å². The summed E-state index contributed by atoms with van der Waals surface area (Å²) in [6.07, 6.45) is 1.86. The van der Waals surface area contributed by atoms with Gasteiger partial charge in [0.1, 0.15) is 6.61 Å². The fraction of sp³-hybridized carbons (Fsp3) is 0.360. The number of hydrogen-bond donors (Lipinski definition) is 0. The smallest absolute Gasteiger partial charge is 0.266 e. The van der Waals surface area contributed by atoms with Crippen molar-refractivity contribution in [3.05, 3.63) is 60.9 Å². The summed E-state index contributed by atoms with van der Waals surface area (Å²) in [5, 5.41) is 1.70. The molecular formula is C25H27BrCl2N2O3S. The molecule has 1 saturated heterocycles. The number of halogens is 3. The Balaban J connectivity index is 1.90. The Labute approximate surface area is 223 Å². The zero-order valence-electron chi connectivity index (χ0n) is 19.7. The Bertz CT molecular complexity index is 1140. The highest BCUT2D eigenvalue weighted by molar-refractivity contribution is 9.10. The van der Waals surface area contributed by atoms with Crippen molar-refractivity contribution in [2.45, 2.75) is 53.3 Å². The highest BCUT2D eigenvalue weighted by atomic mass is 79.9. The Hall–Kier alpha value is -1.67. The first-order valence-corrected chi connectivity index (χ1v) is 13.3. The third-order valence-electron chi connectivity index (χ3n) is 4.75. The summed E-state index contributed by atoms with van der Waals surface area (Å²) in [6, 6.07) is 9.21. The lowest BCUT2D eigenvalue weighted by Gasteiger charge is -2.20. The van der Waals surface area contributed by atoms with Gasteiger partial charge in [0.15, 0.2) is 16.7 Å². The first kappa shape index (κ1) is 26.9. The van der Waals surface area contributed by atoms with E-state index < -0.39 is 0 Å². The van der Waals surface area contributed by atoms with Gasteiger partial charge in [-0.25, -0.2) is 0 Å². The highest BCUT2D eigenvalue weighted by Crippen LogP contribution is 2.39. The van der Waals surface area contributed by atoms with Crippen molar-refractivity contribution in [1.29, 1.82) is 0 Å². The van der Waals surface area contributed by atoms with E-state index >= 15 is 0 Å². The fourth-order valence-electron chi connectivity index (χ4n) is 3.23. The summed E-state index contributed by atoms with van der Waals surface area (Å²) in [6.45, 7) is 10.7. The number of ether oxygens (including phenoxy) is 2. The monoisotopic (exact) mass is 584 g/mol. The molecule has 2 aromatic carbocycles. The number of thioether (sulfide) groups is 1. The topological polar surface area (TPSA) is 51.1 Å². The molecule has 0 aromatic heterocycles. The Morgan fingerprint density at radius 2 is 1.79 bits per heavy atom. The van der Waals surface area contributed by atoms with Crippen molar-refractivity contribution in [3.63, 3.8) is 0 Å². The molecule has 0 atom stereocenters. The predicted octanol–water partition coefficient (Wildman–Crippen LogP) is 7.82. The van der Waals surface area contributed by atoms with Crippen molar-refractivity contribution in [1.82, 2.24) is 4.90 Å². The van der Waals surface area contributed by atoms with E-state index in [0.29, 0.717) is 39.7 Å². The Morgan fingerprint density at radius 3 is 2.41 bits per heavy atom. The SMILES string of the molecule is CCOc1cc(/C=C2/SC(=NC(C)C)N(C(C)C)C2=O)c(Br)cc1OCc1ccc(Cl)c(Cl)c1. The first-order valence-electron chi connectivity index (χ1n) is 10.9. The van der Waals surface area contributed by atoms with E-state index in [1.165, 1.54) is 11.8 Å². The number of benzene rings is 2. The normalized spacial score (nSPS) is 16.4. The molecule has 1 aliphatic rings. The molecule has 1 fully saturated rings. The Morgan fingerprint density at radius 1 is 1.09 bits per heavy atom. The minimum atomic E-state index is -0.0517. The highest BCUT2D eigenvalue weighted by Gasteiger charge is 2.35. The van der Waals surface area contributed by atoms with E-state index in [0.717, 1.165) is 20.8 Å². The number of amides is 1. The van der Waals surface area contributed by atoms with Crippen LogP contribution in [0.3, 0.4) is 0 Å². The van der Waals surface area contributed by atoms with Gasteiger partial charge in [0.25, 0.3) is 5.91 Å². The van der Waals surface area contributed by atoms with Crippen LogP contribution in [0.25, 0.3) is 6.08 Å². The van der Waals surface area contributed by atoms with Gasteiger partial charge in [0.05, 0.1) is 21.6 Å². The third-order valence-corrected chi connectivity index (χ3v) is 7.17. The van der Waals surface area contributed by atoms with Crippen LogP contribution in [0.4, 0.5) is 0 Å². The van der Waals surface area contributed by atoms with Crippen LogP contribution in [0, 0.1) is 0 Å². The number of hydrogen-bond acceptors (Lipinski definition) is 5. The minimum Gasteiger partial charge on any atom is -0.490 e. The zero-order chi connectivity index (χ0) is 25.0. The number of aliphatic imine (C=N–C) groups is 1. The van der Waals surface area contributed by atoms with Gasteiger partial charge in [-0.15, -0.1) is 0 Å². The maximum absolute atomic E-state index is 13.1. The lowest BCUT2D eigenvalue weighted by atomic mass is 10.1. The molecule has 0 bridgehead atoms. The molecule has 2 aromatic rings. The zero-order valence-corrected chi connectivity index (χ0v) is 23.6. The van der Waals surface area contributed by atoms with Gasteiger partial charge in [0, 0.05) is 16.6 Å². The number of carbonyl (C=O) groups is 1. The van der Waals surface area contributed by atoms with Crippen LogP contribution in [-0.2, 0) is 11.4 Å². The Kier molecular flexibility index (Phi) is 9.38. The number of rotatable bonds is 8. The lowest BCUT2D eigenvalue weighted by molar-refractivity contribution is -0.123. The van der Waals surface area contributed by atoms with Crippen molar-refractivity contribution in [3.8, 4) is 11.5 Å². The van der Waals surface area contributed by atoms with E-state index in [1.54, 1.807) is 17.0 Å². The first-order chi connectivity index (χ1) is 16.1. The van der Waals surface area contributed by atoms with Gasteiger partial charge in [-0.05, 0) is 87.8 Å². The summed E-state index contributed by atoms with van der Waals surface area (Å²) < 4.78 is 12.7. The van der Waals surface area contributed by atoms with E-state index in [2.05, 4.69) is 20.9 Å². The van der Waals surface area contributed by atoms with Gasteiger partial charge in [-0.1, -0.05) is 45.2 Å². The molecule has 0 spiro atoms. The van der Waals surface area contributed by atoms with Crippen LogP contribution in [0.5, 0.6) is 11.5 Å².